The number of pyridine rings is 2. The van der Waals surface area contributed by atoms with Gasteiger partial charge >= 0.3 is 23.9 Å². The number of aromatic carboxylic acids is 2. The van der Waals surface area contributed by atoms with Crippen molar-refractivity contribution in [2.45, 2.75) is 19.5 Å². The maximum Gasteiger partial charge on any atom is 0.354 e. The van der Waals surface area contributed by atoms with Crippen LogP contribution < -0.4 is 5.32 Å². The Bertz CT molecular complexity index is 1370. The zero-order valence-electron chi connectivity index (χ0n) is 25.0. The second-order valence-corrected chi connectivity index (χ2v) is 10.4. The number of aliphatic carboxylic acids is 2. The van der Waals surface area contributed by atoms with E-state index in [1.807, 2.05) is 31.3 Å². The molecule has 0 fully saturated rings. The van der Waals surface area contributed by atoms with Crippen LogP contribution >= 0.6 is 0 Å². The molecule has 45 heavy (non-hydrogen) atoms. The first-order chi connectivity index (χ1) is 21.5. The molecule has 0 aliphatic carbocycles. The molecule has 14 heteroatoms. The second kappa shape index (κ2) is 17.4. The number of aromatic nitrogens is 2. The maximum absolute atomic E-state index is 11.7. The molecule has 240 valence electrons. The Morgan fingerprint density at radius 2 is 1.07 bits per heavy atom. The van der Waals surface area contributed by atoms with E-state index < -0.39 is 23.9 Å². The molecule has 0 saturated carbocycles. The standard InChI is InChI=1S/C31H38N6O8/c1-32-23-10-8-22(9-11-23)12-13-35(14-16-36(20-28(38)39)18-24-4-2-6-26(33-24)30(42)43)15-17-37(21-29(40)41)19-25-5-3-7-27(34-25)31(44)45/h2-11,32H,12-21H2,1H3,(H,38,39)(H,40,41)(H,42,43)(H,44,45). The third-order valence-corrected chi connectivity index (χ3v) is 6.96. The van der Waals surface area contributed by atoms with Crippen molar-refractivity contribution in [3.05, 3.63) is 89.0 Å². The average molecular weight is 623 g/mol. The van der Waals surface area contributed by atoms with Gasteiger partial charge in [0.2, 0.25) is 0 Å². The van der Waals surface area contributed by atoms with E-state index in [9.17, 15) is 39.6 Å². The Hall–Kier alpha value is -4.92. The van der Waals surface area contributed by atoms with E-state index in [0.29, 0.717) is 50.5 Å². The molecule has 14 nitrogen and oxygen atoms in total. The molecular weight excluding hydrogens is 584 g/mol. The molecule has 0 saturated heterocycles. The van der Waals surface area contributed by atoms with E-state index in [1.54, 1.807) is 34.1 Å². The van der Waals surface area contributed by atoms with E-state index in [4.69, 9.17) is 0 Å². The Kier molecular flexibility index (Phi) is 13.4. The van der Waals surface area contributed by atoms with Crippen LogP contribution in [0, 0.1) is 0 Å². The highest BCUT2D eigenvalue weighted by Gasteiger charge is 2.18. The lowest BCUT2D eigenvalue weighted by molar-refractivity contribution is -0.139. The summed E-state index contributed by atoms with van der Waals surface area (Å²) in [7, 11) is 1.84. The van der Waals surface area contributed by atoms with Gasteiger partial charge in [-0.3, -0.25) is 19.4 Å². The zero-order chi connectivity index (χ0) is 32.8. The van der Waals surface area contributed by atoms with Gasteiger partial charge in [-0.25, -0.2) is 19.6 Å². The van der Waals surface area contributed by atoms with Crippen molar-refractivity contribution in [2.75, 3.05) is 58.2 Å². The smallest absolute Gasteiger partial charge is 0.354 e. The number of carboxylic acids is 4. The van der Waals surface area contributed by atoms with Gasteiger partial charge in [-0.05, 0) is 48.4 Å². The monoisotopic (exact) mass is 622 g/mol. The van der Waals surface area contributed by atoms with Gasteiger partial charge < -0.3 is 30.6 Å². The molecule has 0 bridgehead atoms. The van der Waals surface area contributed by atoms with E-state index in [0.717, 1.165) is 11.3 Å². The van der Waals surface area contributed by atoms with Gasteiger partial charge in [-0.2, -0.15) is 0 Å². The van der Waals surface area contributed by atoms with Crippen molar-refractivity contribution in [1.82, 2.24) is 24.7 Å². The molecule has 2 aromatic heterocycles. The summed E-state index contributed by atoms with van der Waals surface area (Å²) in [5.74, 6) is -4.42. The normalized spacial score (nSPS) is 11.2. The van der Waals surface area contributed by atoms with Crippen molar-refractivity contribution in [3.63, 3.8) is 0 Å². The average Bonchev–Trinajstić information content (AvgIpc) is 3.00. The molecule has 5 N–H and O–H groups in total. The SMILES string of the molecule is CNc1ccc(CCN(CCN(CC(=O)O)Cc2cccc(C(=O)O)n2)CCN(CC(=O)O)Cc2cccc(C(=O)O)n2)cc1. The van der Waals surface area contributed by atoms with E-state index in [-0.39, 0.29) is 37.6 Å². The zero-order valence-corrected chi connectivity index (χ0v) is 25.0. The second-order valence-electron chi connectivity index (χ2n) is 10.4. The van der Waals surface area contributed by atoms with Crippen LogP contribution in [-0.4, -0.2) is 122 Å². The van der Waals surface area contributed by atoms with Gasteiger partial charge in [-0.1, -0.05) is 24.3 Å². The molecule has 0 atom stereocenters. The molecule has 0 aliphatic rings. The quantitative estimate of drug-likeness (QED) is 0.123. The highest BCUT2D eigenvalue weighted by atomic mass is 16.4. The minimum atomic E-state index is -1.17. The molecule has 0 unspecified atom stereocenters. The number of nitrogens with zero attached hydrogens (tertiary/aromatic N) is 5. The Balaban J connectivity index is 1.75. The topological polar surface area (TPSA) is 197 Å². The Morgan fingerprint density at radius 1 is 0.622 bits per heavy atom. The predicted octanol–water partition coefficient (Wildman–Crippen LogP) is 1.93. The van der Waals surface area contributed by atoms with Crippen LogP contribution in [0.5, 0.6) is 0 Å². The third-order valence-electron chi connectivity index (χ3n) is 6.96. The summed E-state index contributed by atoms with van der Waals surface area (Å²) in [6, 6.07) is 17.1. The van der Waals surface area contributed by atoms with Gasteiger partial charge in [-0.15, -0.1) is 0 Å². The van der Waals surface area contributed by atoms with E-state index >= 15 is 0 Å². The summed E-state index contributed by atoms with van der Waals surface area (Å²) in [6.07, 6.45) is 0.687. The van der Waals surface area contributed by atoms with Crippen LogP contribution in [0.2, 0.25) is 0 Å². The van der Waals surface area contributed by atoms with Gasteiger partial charge in [0.1, 0.15) is 11.4 Å². The first kappa shape index (κ1) is 34.6. The first-order valence-corrected chi connectivity index (χ1v) is 14.3. The molecule has 0 amide bonds. The summed E-state index contributed by atoms with van der Waals surface area (Å²) in [5, 5.41) is 40.7. The lowest BCUT2D eigenvalue weighted by Gasteiger charge is -2.29. The summed E-state index contributed by atoms with van der Waals surface area (Å²) < 4.78 is 0. The van der Waals surface area contributed by atoms with Crippen LogP contribution in [0.25, 0.3) is 0 Å². The fourth-order valence-electron chi connectivity index (χ4n) is 4.67. The van der Waals surface area contributed by atoms with Crippen LogP contribution in [-0.2, 0) is 29.1 Å². The van der Waals surface area contributed by atoms with Gasteiger partial charge in [0.25, 0.3) is 0 Å². The minimum Gasteiger partial charge on any atom is -0.480 e. The highest BCUT2D eigenvalue weighted by molar-refractivity contribution is 5.85. The van der Waals surface area contributed by atoms with E-state index in [2.05, 4.69) is 20.2 Å². The number of hydrogen-bond donors (Lipinski definition) is 5. The lowest BCUT2D eigenvalue weighted by atomic mass is 10.1. The molecular formula is C31H38N6O8. The Labute approximate surface area is 260 Å². The molecule has 0 aliphatic heterocycles. The molecule has 3 rings (SSSR count). The molecule has 3 aromatic rings. The number of carbonyl (C=O) groups is 4. The van der Waals surface area contributed by atoms with Crippen LogP contribution in [0.1, 0.15) is 37.9 Å². The summed E-state index contributed by atoms with van der Waals surface area (Å²) in [5.41, 5.74) is 2.66. The molecule has 0 radical (unpaired) electrons. The lowest BCUT2D eigenvalue weighted by Crippen LogP contribution is -2.42. The fraction of sp³-hybridized carbons (Fsp3) is 0.355. The maximum atomic E-state index is 11.7. The fourth-order valence-corrected chi connectivity index (χ4v) is 4.67. The van der Waals surface area contributed by atoms with Crippen molar-refractivity contribution < 1.29 is 39.6 Å². The van der Waals surface area contributed by atoms with Crippen LogP contribution in [0.4, 0.5) is 5.69 Å². The number of hydrogen-bond acceptors (Lipinski definition) is 10. The van der Waals surface area contributed by atoms with Gasteiger partial charge in [0, 0.05) is 58.5 Å². The van der Waals surface area contributed by atoms with Crippen molar-refractivity contribution in [2.24, 2.45) is 0 Å². The number of rotatable bonds is 20. The first-order valence-electron chi connectivity index (χ1n) is 14.3. The summed E-state index contributed by atoms with van der Waals surface area (Å²) in [4.78, 5) is 59.7. The van der Waals surface area contributed by atoms with Crippen molar-refractivity contribution >= 4 is 29.6 Å². The minimum absolute atomic E-state index is 0.128. The van der Waals surface area contributed by atoms with Crippen LogP contribution in [0.15, 0.2) is 60.7 Å². The summed E-state index contributed by atoms with van der Waals surface area (Å²) in [6.45, 7) is 1.82. The Morgan fingerprint density at radius 3 is 1.47 bits per heavy atom. The van der Waals surface area contributed by atoms with Crippen molar-refractivity contribution in [1.29, 1.82) is 0 Å². The van der Waals surface area contributed by atoms with Crippen LogP contribution in [0.3, 0.4) is 0 Å². The number of carboxylic acid groups (broad SMARTS) is 4. The highest BCUT2D eigenvalue weighted by Crippen LogP contribution is 2.11. The summed E-state index contributed by atoms with van der Waals surface area (Å²) >= 11 is 0. The van der Waals surface area contributed by atoms with Gasteiger partial charge in [0.05, 0.1) is 24.5 Å². The van der Waals surface area contributed by atoms with Gasteiger partial charge in [0.15, 0.2) is 0 Å². The largest absolute Gasteiger partial charge is 0.480 e. The molecule has 2 heterocycles. The molecule has 0 spiro atoms. The predicted molar refractivity (Wildman–Crippen MR) is 164 cm³/mol. The third kappa shape index (κ3) is 12.3. The number of benzene rings is 1. The molecule has 1 aromatic carbocycles. The number of anilines is 1. The van der Waals surface area contributed by atoms with Crippen molar-refractivity contribution in [3.8, 4) is 0 Å². The number of nitrogens with one attached hydrogen (secondary N) is 1. The van der Waals surface area contributed by atoms with E-state index in [1.165, 1.54) is 12.1 Å².